The first-order valence-corrected chi connectivity index (χ1v) is 10.7. The summed E-state index contributed by atoms with van der Waals surface area (Å²) in [6.45, 7) is 0. The van der Waals surface area contributed by atoms with Crippen LogP contribution in [0.4, 0.5) is 5.69 Å². The van der Waals surface area contributed by atoms with Crippen LogP contribution in [0.5, 0.6) is 0 Å². The topological polar surface area (TPSA) is 63.2 Å². The number of anilines is 1. The molecule has 1 heterocycles. The van der Waals surface area contributed by atoms with Gasteiger partial charge in [-0.05, 0) is 18.1 Å². The molecule has 2 aromatic carbocycles. The summed E-state index contributed by atoms with van der Waals surface area (Å²) in [5.41, 5.74) is 2.79. The molecule has 0 aliphatic carbocycles. The summed E-state index contributed by atoms with van der Waals surface area (Å²) in [7, 11) is -2.90. The fourth-order valence-electron chi connectivity index (χ4n) is 2.73. The third kappa shape index (κ3) is 4.39. The van der Waals surface area contributed by atoms with Gasteiger partial charge in [-0.1, -0.05) is 48.5 Å². The monoisotopic (exact) mass is 361 g/mol. The van der Waals surface area contributed by atoms with Gasteiger partial charge in [0.25, 0.3) is 0 Å². The number of thioether (sulfide) groups is 1. The van der Waals surface area contributed by atoms with E-state index in [9.17, 15) is 13.2 Å². The lowest BCUT2D eigenvalue weighted by Gasteiger charge is -2.12. The van der Waals surface area contributed by atoms with Crippen LogP contribution in [-0.2, 0) is 14.6 Å². The third-order valence-corrected chi connectivity index (χ3v) is 7.21. The summed E-state index contributed by atoms with van der Waals surface area (Å²) in [6.07, 6.45) is 0.640. The molecule has 1 fully saturated rings. The predicted octanol–water partition coefficient (Wildman–Crippen LogP) is 3.21. The van der Waals surface area contributed by atoms with Crippen molar-refractivity contribution in [2.75, 3.05) is 22.6 Å². The van der Waals surface area contributed by atoms with E-state index in [0.717, 1.165) is 16.8 Å². The minimum Gasteiger partial charge on any atom is -0.325 e. The Bertz CT molecular complexity index is 819. The fraction of sp³-hybridized carbons (Fsp3) is 0.278. The maximum atomic E-state index is 12.2. The Morgan fingerprint density at radius 3 is 2.50 bits per heavy atom. The van der Waals surface area contributed by atoms with Crippen LogP contribution in [-0.4, -0.2) is 36.8 Å². The van der Waals surface area contributed by atoms with Crippen molar-refractivity contribution in [3.8, 4) is 11.1 Å². The molecule has 0 unspecified atom stereocenters. The zero-order valence-corrected chi connectivity index (χ0v) is 14.8. The van der Waals surface area contributed by atoms with E-state index in [2.05, 4.69) is 5.32 Å². The van der Waals surface area contributed by atoms with Gasteiger partial charge in [-0.2, -0.15) is 0 Å². The first kappa shape index (κ1) is 17.0. The van der Waals surface area contributed by atoms with Crippen molar-refractivity contribution in [3.05, 3.63) is 54.6 Å². The number of hydrogen-bond acceptors (Lipinski definition) is 4. The van der Waals surface area contributed by atoms with Crippen LogP contribution >= 0.6 is 11.8 Å². The van der Waals surface area contributed by atoms with E-state index in [1.54, 1.807) is 0 Å². The number of carbonyl (C=O) groups excluding carboxylic acids is 1. The van der Waals surface area contributed by atoms with Gasteiger partial charge in [0.15, 0.2) is 9.84 Å². The molecule has 1 saturated heterocycles. The van der Waals surface area contributed by atoms with Gasteiger partial charge in [-0.3, -0.25) is 4.79 Å². The Balaban J connectivity index is 1.63. The van der Waals surface area contributed by atoms with E-state index >= 15 is 0 Å². The molecule has 0 radical (unpaired) electrons. The average Bonchev–Trinajstić information content (AvgIpc) is 2.93. The molecule has 1 amide bonds. The van der Waals surface area contributed by atoms with Crippen molar-refractivity contribution in [3.63, 3.8) is 0 Å². The highest BCUT2D eigenvalue weighted by Gasteiger charge is 2.28. The quantitative estimate of drug-likeness (QED) is 0.888. The van der Waals surface area contributed by atoms with Gasteiger partial charge < -0.3 is 5.32 Å². The van der Waals surface area contributed by atoms with Crippen LogP contribution in [0.3, 0.4) is 0 Å². The van der Waals surface area contributed by atoms with Gasteiger partial charge in [-0.15, -0.1) is 11.8 Å². The molecular weight excluding hydrogens is 342 g/mol. The van der Waals surface area contributed by atoms with Gasteiger partial charge in [0.1, 0.15) is 0 Å². The standard InChI is InChI=1S/C18H19NO3S2/c20-18(12-23-15-10-11-24(21,22)13-15)19-17-9-5-4-8-16(17)14-6-2-1-3-7-14/h1-9,15H,10-13H2,(H,19,20)/t15-/m1/s1. The van der Waals surface area contributed by atoms with Crippen molar-refractivity contribution >= 4 is 33.2 Å². The predicted molar refractivity (Wildman–Crippen MR) is 100 cm³/mol. The summed E-state index contributed by atoms with van der Waals surface area (Å²) < 4.78 is 22.9. The lowest BCUT2D eigenvalue weighted by Crippen LogP contribution is -2.17. The number of hydrogen-bond donors (Lipinski definition) is 1. The van der Waals surface area contributed by atoms with Crippen molar-refractivity contribution in [2.45, 2.75) is 11.7 Å². The van der Waals surface area contributed by atoms with Crippen LogP contribution in [0.1, 0.15) is 6.42 Å². The average molecular weight is 361 g/mol. The molecule has 0 bridgehead atoms. The highest BCUT2D eigenvalue weighted by molar-refractivity contribution is 8.02. The minimum atomic E-state index is -2.90. The van der Waals surface area contributed by atoms with Gasteiger partial charge in [-0.25, -0.2) is 8.42 Å². The lowest BCUT2D eigenvalue weighted by atomic mass is 10.0. The molecule has 3 rings (SSSR count). The first-order chi connectivity index (χ1) is 11.5. The Kier molecular flexibility index (Phi) is 5.26. The molecule has 4 nitrogen and oxygen atoms in total. The fourth-order valence-corrected chi connectivity index (χ4v) is 6.18. The van der Waals surface area contributed by atoms with Gasteiger partial charge in [0, 0.05) is 16.5 Å². The van der Waals surface area contributed by atoms with E-state index in [-0.39, 0.29) is 28.4 Å². The molecule has 0 saturated carbocycles. The number of amides is 1. The molecule has 1 atom stereocenters. The summed E-state index contributed by atoms with van der Waals surface area (Å²) in [5.74, 6) is 0.588. The highest BCUT2D eigenvalue weighted by Crippen LogP contribution is 2.28. The molecule has 1 aliphatic heterocycles. The second-order valence-electron chi connectivity index (χ2n) is 5.80. The van der Waals surface area contributed by atoms with E-state index in [1.807, 2.05) is 54.6 Å². The number of sulfone groups is 1. The Morgan fingerprint density at radius 2 is 1.79 bits per heavy atom. The van der Waals surface area contributed by atoms with Gasteiger partial charge in [0.05, 0.1) is 17.3 Å². The SMILES string of the molecule is O=C(CS[C@@H]1CCS(=O)(=O)C1)Nc1ccccc1-c1ccccc1. The van der Waals surface area contributed by atoms with E-state index in [1.165, 1.54) is 11.8 Å². The van der Waals surface area contributed by atoms with E-state index in [0.29, 0.717) is 6.42 Å². The maximum Gasteiger partial charge on any atom is 0.234 e. The normalized spacial score (nSPS) is 19.1. The Morgan fingerprint density at radius 1 is 1.08 bits per heavy atom. The van der Waals surface area contributed by atoms with Crippen molar-refractivity contribution in [2.24, 2.45) is 0 Å². The van der Waals surface area contributed by atoms with Crippen molar-refractivity contribution in [1.82, 2.24) is 0 Å². The second-order valence-corrected chi connectivity index (χ2v) is 9.31. The zero-order valence-electron chi connectivity index (χ0n) is 13.1. The number of nitrogens with one attached hydrogen (secondary N) is 1. The minimum absolute atomic E-state index is 0.0325. The summed E-state index contributed by atoms with van der Waals surface area (Å²) in [5, 5.41) is 2.98. The third-order valence-electron chi connectivity index (χ3n) is 3.93. The largest absolute Gasteiger partial charge is 0.325 e. The van der Waals surface area contributed by atoms with Crippen LogP contribution in [0, 0.1) is 0 Å². The number of rotatable bonds is 5. The summed E-state index contributed by atoms with van der Waals surface area (Å²) in [6, 6.07) is 17.6. The molecule has 6 heteroatoms. The molecule has 0 aromatic heterocycles. The molecule has 24 heavy (non-hydrogen) atoms. The van der Waals surface area contributed by atoms with Crippen LogP contribution in [0.2, 0.25) is 0 Å². The van der Waals surface area contributed by atoms with Gasteiger partial charge >= 0.3 is 0 Å². The Labute approximate surface area is 146 Å². The van der Waals surface area contributed by atoms with Crippen LogP contribution in [0.25, 0.3) is 11.1 Å². The molecule has 1 N–H and O–H groups in total. The second kappa shape index (κ2) is 7.40. The highest BCUT2D eigenvalue weighted by atomic mass is 32.2. The number of benzene rings is 2. The van der Waals surface area contributed by atoms with Crippen LogP contribution < -0.4 is 5.32 Å². The first-order valence-electron chi connectivity index (χ1n) is 7.80. The molecule has 1 aliphatic rings. The molecular formula is C18H19NO3S2. The maximum absolute atomic E-state index is 12.2. The van der Waals surface area contributed by atoms with E-state index < -0.39 is 9.84 Å². The smallest absolute Gasteiger partial charge is 0.234 e. The Hall–Kier alpha value is -1.79. The van der Waals surface area contributed by atoms with E-state index in [4.69, 9.17) is 0 Å². The van der Waals surface area contributed by atoms with Crippen molar-refractivity contribution in [1.29, 1.82) is 0 Å². The van der Waals surface area contributed by atoms with Gasteiger partial charge in [0.2, 0.25) is 5.91 Å². The summed E-state index contributed by atoms with van der Waals surface area (Å²) >= 11 is 1.42. The summed E-state index contributed by atoms with van der Waals surface area (Å²) in [4.78, 5) is 12.2. The van der Waals surface area contributed by atoms with Crippen molar-refractivity contribution < 1.29 is 13.2 Å². The molecule has 2 aromatic rings. The number of carbonyl (C=O) groups is 1. The number of para-hydroxylation sites is 1. The molecule has 126 valence electrons. The van der Waals surface area contributed by atoms with Crippen LogP contribution in [0.15, 0.2) is 54.6 Å². The molecule has 0 spiro atoms. The lowest BCUT2D eigenvalue weighted by molar-refractivity contribution is -0.113. The zero-order chi connectivity index (χ0) is 17.0.